The van der Waals surface area contributed by atoms with Gasteiger partial charge in [0.15, 0.2) is 0 Å². The number of hydrogen-bond donors (Lipinski definition) is 1. The van der Waals surface area contributed by atoms with Gasteiger partial charge in [-0.15, -0.1) is 0 Å². The quantitative estimate of drug-likeness (QED) is 0.733. The summed E-state index contributed by atoms with van der Waals surface area (Å²) in [5.74, 6) is 2.43. The Hall–Kier alpha value is -3.23. The molecule has 1 saturated heterocycles. The summed E-state index contributed by atoms with van der Waals surface area (Å²) in [6.07, 6.45) is 3.17. The molecule has 1 aliphatic heterocycles. The van der Waals surface area contributed by atoms with Crippen LogP contribution in [0.4, 0.5) is 11.6 Å². The van der Waals surface area contributed by atoms with Gasteiger partial charge in [-0.1, -0.05) is 0 Å². The molecule has 0 unspecified atom stereocenters. The third kappa shape index (κ3) is 3.40. The largest absolute Gasteiger partial charge is 0.353 e. The molecular weight excluding hydrogens is 344 g/mol. The van der Waals surface area contributed by atoms with Crippen molar-refractivity contribution in [3.63, 3.8) is 0 Å². The van der Waals surface area contributed by atoms with Crippen LogP contribution >= 0.6 is 0 Å². The zero-order chi connectivity index (χ0) is 18.8. The van der Waals surface area contributed by atoms with Crippen molar-refractivity contribution in [1.29, 1.82) is 0 Å². The van der Waals surface area contributed by atoms with Crippen LogP contribution in [0.2, 0.25) is 0 Å². The third-order valence-electron chi connectivity index (χ3n) is 4.64. The van der Waals surface area contributed by atoms with E-state index in [1.54, 1.807) is 10.7 Å². The number of nitrogens with one attached hydrogen (secondary N) is 1. The molecule has 9 heteroatoms. The van der Waals surface area contributed by atoms with Crippen LogP contribution < -0.4 is 15.1 Å². The van der Waals surface area contributed by atoms with E-state index in [2.05, 4.69) is 35.2 Å². The molecule has 0 bridgehead atoms. The van der Waals surface area contributed by atoms with Crippen LogP contribution in [0.25, 0.3) is 5.78 Å². The van der Waals surface area contributed by atoms with Crippen LogP contribution in [0.15, 0.2) is 30.7 Å². The predicted molar refractivity (Wildman–Crippen MR) is 102 cm³/mol. The smallest absolute Gasteiger partial charge is 0.254 e. The molecule has 3 aromatic heterocycles. The van der Waals surface area contributed by atoms with Gasteiger partial charge in [0.05, 0.1) is 5.56 Å². The lowest BCUT2D eigenvalue weighted by molar-refractivity contribution is 0.0955. The van der Waals surface area contributed by atoms with E-state index in [4.69, 9.17) is 0 Å². The Morgan fingerprint density at radius 3 is 2.63 bits per heavy atom. The van der Waals surface area contributed by atoms with E-state index >= 15 is 0 Å². The molecule has 1 aliphatic rings. The number of anilines is 2. The molecule has 0 aromatic carbocycles. The molecule has 140 valence electrons. The number of carbonyl (C=O) groups excluding carboxylic acids is 1. The van der Waals surface area contributed by atoms with Gasteiger partial charge in [-0.3, -0.25) is 4.79 Å². The van der Waals surface area contributed by atoms with E-state index in [9.17, 15) is 4.79 Å². The molecule has 0 spiro atoms. The Kier molecular flexibility index (Phi) is 4.57. The highest BCUT2D eigenvalue weighted by molar-refractivity contribution is 5.94. The molecule has 1 N–H and O–H groups in total. The molecule has 1 fully saturated rings. The summed E-state index contributed by atoms with van der Waals surface area (Å²) in [7, 11) is 0. The Morgan fingerprint density at radius 1 is 1.15 bits per heavy atom. The van der Waals surface area contributed by atoms with E-state index < -0.39 is 0 Å². The lowest BCUT2D eigenvalue weighted by Crippen LogP contribution is -2.47. The molecule has 0 atom stereocenters. The monoisotopic (exact) mass is 366 g/mol. The summed E-state index contributed by atoms with van der Waals surface area (Å²) in [6.45, 7) is 7.84. The maximum Gasteiger partial charge on any atom is 0.254 e. The lowest BCUT2D eigenvalue weighted by Gasteiger charge is -2.36. The van der Waals surface area contributed by atoms with Gasteiger partial charge in [0.2, 0.25) is 0 Å². The average Bonchev–Trinajstić information content (AvgIpc) is 3.16. The maximum atomic E-state index is 11.9. The molecule has 3 aromatic rings. The first kappa shape index (κ1) is 17.2. The summed E-state index contributed by atoms with van der Waals surface area (Å²) in [5, 5.41) is 7.08. The fraction of sp³-hybridized carbons (Fsp3) is 0.389. The molecule has 0 saturated carbocycles. The molecule has 1 amide bonds. The van der Waals surface area contributed by atoms with E-state index in [0.29, 0.717) is 17.9 Å². The highest BCUT2D eigenvalue weighted by Crippen LogP contribution is 2.20. The van der Waals surface area contributed by atoms with Crippen molar-refractivity contribution in [2.75, 3.05) is 42.5 Å². The molecule has 4 heterocycles. The van der Waals surface area contributed by atoms with Crippen molar-refractivity contribution in [3.05, 3.63) is 42.0 Å². The predicted octanol–water partition coefficient (Wildman–Crippen LogP) is 0.904. The number of nitrogens with zero attached hydrogens (tertiary/aromatic N) is 7. The van der Waals surface area contributed by atoms with Crippen molar-refractivity contribution in [2.24, 2.45) is 0 Å². The molecule has 27 heavy (non-hydrogen) atoms. The second-order valence-electron chi connectivity index (χ2n) is 6.47. The Morgan fingerprint density at radius 2 is 1.93 bits per heavy atom. The lowest BCUT2D eigenvalue weighted by atomic mass is 10.2. The van der Waals surface area contributed by atoms with E-state index in [1.165, 1.54) is 6.33 Å². The Balaban J connectivity index is 1.46. The minimum Gasteiger partial charge on any atom is -0.353 e. The zero-order valence-electron chi connectivity index (χ0n) is 15.5. The van der Waals surface area contributed by atoms with Gasteiger partial charge in [-0.25, -0.2) is 9.97 Å². The Bertz CT molecular complexity index is 944. The van der Waals surface area contributed by atoms with Gasteiger partial charge in [-0.05, 0) is 26.0 Å². The normalized spacial score (nSPS) is 14.6. The van der Waals surface area contributed by atoms with Crippen molar-refractivity contribution in [3.8, 4) is 0 Å². The number of amides is 1. The van der Waals surface area contributed by atoms with Gasteiger partial charge in [0.1, 0.15) is 18.0 Å². The standard InChI is InChI=1S/C18H22N8O/c1-3-19-17(27)14-4-5-15(20-11-14)24-6-8-25(9-7-24)16-10-13(2)23-18-21-12-22-26(16)18/h4-5,10-12H,3,6-9H2,1-2H3,(H,19,27). The second-order valence-corrected chi connectivity index (χ2v) is 6.47. The van der Waals surface area contributed by atoms with E-state index in [1.807, 2.05) is 32.0 Å². The molecule has 9 nitrogen and oxygen atoms in total. The number of fused-ring (bicyclic) bond motifs is 1. The first-order chi connectivity index (χ1) is 13.2. The van der Waals surface area contributed by atoms with Gasteiger partial charge < -0.3 is 15.1 Å². The SMILES string of the molecule is CCNC(=O)c1ccc(N2CCN(c3cc(C)nc4ncnn34)CC2)nc1. The first-order valence-electron chi connectivity index (χ1n) is 9.07. The summed E-state index contributed by atoms with van der Waals surface area (Å²) < 4.78 is 1.78. The van der Waals surface area contributed by atoms with Crippen LogP contribution in [-0.2, 0) is 0 Å². The van der Waals surface area contributed by atoms with Crippen LogP contribution in [0, 0.1) is 6.92 Å². The Labute approximate surface area is 157 Å². The molecule has 0 aliphatic carbocycles. The summed E-state index contributed by atoms with van der Waals surface area (Å²) in [4.78, 5) is 29.4. The van der Waals surface area contributed by atoms with Crippen LogP contribution in [0.5, 0.6) is 0 Å². The number of aryl methyl sites for hydroxylation is 1. The molecule has 4 rings (SSSR count). The van der Waals surface area contributed by atoms with Gasteiger partial charge in [0, 0.05) is 50.7 Å². The highest BCUT2D eigenvalue weighted by Gasteiger charge is 2.21. The molecule has 0 radical (unpaired) electrons. The number of carbonyl (C=O) groups is 1. The summed E-state index contributed by atoms with van der Waals surface area (Å²) >= 11 is 0. The third-order valence-corrected chi connectivity index (χ3v) is 4.64. The summed E-state index contributed by atoms with van der Waals surface area (Å²) in [5.41, 5.74) is 1.51. The fourth-order valence-corrected chi connectivity index (χ4v) is 3.27. The van der Waals surface area contributed by atoms with E-state index in [0.717, 1.165) is 43.5 Å². The van der Waals surface area contributed by atoms with Gasteiger partial charge >= 0.3 is 0 Å². The maximum absolute atomic E-state index is 11.9. The van der Waals surface area contributed by atoms with Crippen molar-refractivity contribution < 1.29 is 4.79 Å². The highest BCUT2D eigenvalue weighted by atomic mass is 16.1. The van der Waals surface area contributed by atoms with Crippen molar-refractivity contribution in [2.45, 2.75) is 13.8 Å². The number of pyridine rings is 1. The number of piperazine rings is 1. The van der Waals surface area contributed by atoms with Crippen LogP contribution in [0.1, 0.15) is 23.0 Å². The second kappa shape index (κ2) is 7.18. The van der Waals surface area contributed by atoms with E-state index in [-0.39, 0.29) is 5.91 Å². The van der Waals surface area contributed by atoms with Crippen LogP contribution in [-0.4, -0.2) is 63.2 Å². The average molecular weight is 366 g/mol. The fourth-order valence-electron chi connectivity index (χ4n) is 3.27. The number of hydrogen-bond acceptors (Lipinski definition) is 7. The topological polar surface area (TPSA) is 91.5 Å². The first-order valence-corrected chi connectivity index (χ1v) is 9.07. The van der Waals surface area contributed by atoms with Gasteiger partial charge in [-0.2, -0.15) is 14.6 Å². The summed E-state index contributed by atoms with van der Waals surface area (Å²) in [6, 6.07) is 5.77. The van der Waals surface area contributed by atoms with Gasteiger partial charge in [0.25, 0.3) is 11.7 Å². The zero-order valence-corrected chi connectivity index (χ0v) is 15.5. The number of rotatable bonds is 4. The minimum atomic E-state index is -0.0914. The van der Waals surface area contributed by atoms with Crippen molar-refractivity contribution >= 4 is 23.3 Å². The minimum absolute atomic E-state index is 0.0914. The molecular formula is C18H22N8O. The number of aromatic nitrogens is 5. The van der Waals surface area contributed by atoms with Crippen LogP contribution in [0.3, 0.4) is 0 Å². The van der Waals surface area contributed by atoms with Crippen molar-refractivity contribution in [1.82, 2.24) is 29.9 Å².